The molecule has 4 nitrogen and oxygen atoms in total. The van der Waals surface area contributed by atoms with Crippen molar-refractivity contribution in [1.29, 1.82) is 0 Å². The summed E-state index contributed by atoms with van der Waals surface area (Å²) < 4.78 is 4.54. The molecule has 82 valence electrons. The van der Waals surface area contributed by atoms with Crippen molar-refractivity contribution in [2.45, 2.75) is 45.6 Å². The summed E-state index contributed by atoms with van der Waals surface area (Å²) in [6.07, 6.45) is 1.53. The fraction of sp³-hybridized carbons (Fsp3) is 0.800. The second-order valence-electron chi connectivity index (χ2n) is 3.98. The van der Waals surface area contributed by atoms with Gasteiger partial charge in [0.05, 0.1) is 5.60 Å². The van der Waals surface area contributed by atoms with E-state index in [2.05, 4.69) is 4.74 Å². The minimum atomic E-state index is -0.734. The van der Waals surface area contributed by atoms with Gasteiger partial charge in [-0.25, -0.2) is 0 Å². The Bertz CT molecular complexity index is 203. The van der Waals surface area contributed by atoms with Crippen LogP contribution in [0, 0.1) is 0 Å². The molecule has 1 N–H and O–H groups in total. The van der Waals surface area contributed by atoms with Crippen LogP contribution in [-0.4, -0.2) is 29.1 Å². The molecule has 0 radical (unpaired) electrons. The Morgan fingerprint density at radius 3 is 2.36 bits per heavy atom. The van der Waals surface area contributed by atoms with Crippen molar-refractivity contribution in [1.82, 2.24) is 0 Å². The first-order valence-electron chi connectivity index (χ1n) is 4.69. The van der Waals surface area contributed by atoms with Crippen LogP contribution in [0.25, 0.3) is 0 Å². The van der Waals surface area contributed by atoms with Crippen LogP contribution in [-0.2, 0) is 14.3 Å². The van der Waals surface area contributed by atoms with Crippen LogP contribution in [0.3, 0.4) is 0 Å². The zero-order valence-electron chi connectivity index (χ0n) is 9.00. The van der Waals surface area contributed by atoms with Gasteiger partial charge in [0.15, 0.2) is 5.78 Å². The van der Waals surface area contributed by atoms with Crippen molar-refractivity contribution >= 4 is 11.8 Å². The lowest BCUT2D eigenvalue weighted by Crippen LogP contribution is -2.19. The molecular weight excluding hydrogens is 184 g/mol. The Morgan fingerprint density at radius 1 is 1.36 bits per heavy atom. The third kappa shape index (κ3) is 9.19. The van der Waals surface area contributed by atoms with Gasteiger partial charge in [0.25, 0.3) is 0 Å². The first-order valence-corrected chi connectivity index (χ1v) is 4.69. The van der Waals surface area contributed by atoms with Gasteiger partial charge >= 0.3 is 5.97 Å². The second kappa shape index (κ2) is 5.75. The van der Waals surface area contributed by atoms with Gasteiger partial charge < -0.3 is 9.84 Å². The van der Waals surface area contributed by atoms with E-state index < -0.39 is 11.6 Å². The van der Waals surface area contributed by atoms with E-state index in [0.29, 0.717) is 19.3 Å². The van der Waals surface area contributed by atoms with Crippen molar-refractivity contribution in [3.63, 3.8) is 0 Å². The number of hydrogen-bond acceptors (Lipinski definition) is 4. The monoisotopic (exact) mass is 202 g/mol. The number of esters is 1. The molecule has 0 amide bonds. The van der Waals surface area contributed by atoms with Crippen molar-refractivity contribution in [3.05, 3.63) is 0 Å². The quantitative estimate of drug-likeness (QED) is 0.654. The molecule has 0 unspecified atom stereocenters. The normalized spacial score (nSPS) is 11.1. The van der Waals surface area contributed by atoms with Crippen molar-refractivity contribution < 1.29 is 19.4 Å². The van der Waals surface area contributed by atoms with Gasteiger partial charge in [-0.1, -0.05) is 0 Å². The van der Waals surface area contributed by atoms with Crippen LogP contribution >= 0.6 is 0 Å². The molecule has 0 heterocycles. The highest BCUT2D eigenvalue weighted by atomic mass is 16.5. The number of rotatable bonds is 6. The topological polar surface area (TPSA) is 63.6 Å². The lowest BCUT2D eigenvalue weighted by atomic mass is 10.0. The molecule has 14 heavy (non-hydrogen) atoms. The van der Waals surface area contributed by atoms with Gasteiger partial charge in [-0.05, 0) is 26.7 Å². The van der Waals surface area contributed by atoms with E-state index in [1.54, 1.807) is 13.8 Å². The van der Waals surface area contributed by atoms with E-state index in [9.17, 15) is 14.7 Å². The molecule has 0 fully saturated rings. The van der Waals surface area contributed by atoms with Crippen LogP contribution in [0.4, 0.5) is 0 Å². The summed E-state index contributed by atoms with van der Waals surface area (Å²) in [5.41, 5.74) is -0.734. The number of ether oxygens (including phenoxy) is 1. The van der Waals surface area contributed by atoms with E-state index in [-0.39, 0.29) is 12.4 Å². The molecule has 0 aliphatic carbocycles. The Morgan fingerprint density at radius 2 is 1.93 bits per heavy atom. The molecule has 4 heteroatoms. The predicted molar refractivity (Wildman–Crippen MR) is 51.8 cm³/mol. The van der Waals surface area contributed by atoms with Gasteiger partial charge in [0.1, 0.15) is 6.61 Å². The Labute approximate surface area is 84.3 Å². The first-order chi connectivity index (χ1) is 6.31. The SMILES string of the molecule is CC(=O)OCC(=O)CCCC(C)(C)O. The average Bonchev–Trinajstić information content (AvgIpc) is 1.98. The molecule has 0 saturated heterocycles. The van der Waals surface area contributed by atoms with Crippen molar-refractivity contribution in [3.8, 4) is 0 Å². The largest absolute Gasteiger partial charge is 0.458 e. The maximum atomic E-state index is 11.1. The standard InChI is InChI=1S/C10H18O4/c1-8(11)14-7-9(12)5-4-6-10(2,3)13/h13H,4-7H2,1-3H3. The van der Waals surface area contributed by atoms with Crippen LogP contribution in [0.5, 0.6) is 0 Å². The lowest BCUT2D eigenvalue weighted by Gasteiger charge is -2.15. The van der Waals surface area contributed by atoms with E-state index in [4.69, 9.17) is 0 Å². The third-order valence-corrected chi connectivity index (χ3v) is 1.68. The number of carbonyl (C=O) groups excluding carboxylic acids is 2. The van der Waals surface area contributed by atoms with E-state index >= 15 is 0 Å². The minimum absolute atomic E-state index is 0.107. The summed E-state index contributed by atoms with van der Waals surface area (Å²) in [6.45, 7) is 4.51. The molecule has 0 aromatic rings. The third-order valence-electron chi connectivity index (χ3n) is 1.68. The molecule has 0 aromatic heterocycles. The fourth-order valence-corrected chi connectivity index (χ4v) is 0.972. The predicted octanol–water partition coefficient (Wildman–Crippen LogP) is 1.06. The van der Waals surface area contributed by atoms with Crippen molar-refractivity contribution in [2.24, 2.45) is 0 Å². The molecule has 0 spiro atoms. The van der Waals surface area contributed by atoms with Gasteiger partial charge in [-0.2, -0.15) is 0 Å². The van der Waals surface area contributed by atoms with E-state index in [1.165, 1.54) is 6.92 Å². The lowest BCUT2D eigenvalue weighted by molar-refractivity contribution is -0.145. The first kappa shape index (κ1) is 13.1. The highest BCUT2D eigenvalue weighted by molar-refractivity contribution is 5.81. The van der Waals surface area contributed by atoms with Gasteiger partial charge in [-0.15, -0.1) is 0 Å². The summed E-state index contributed by atoms with van der Waals surface area (Å²) in [7, 11) is 0. The zero-order valence-corrected chi connectivity index (χ0v) is 9.00. The van der Waals surface area contributed by atoms with E-state index in [0.717, 1.165) is 0 Å². The molecule has 0 aromatic carbocycles. The molecule has 0 atom stereocenters. The molecule has 0 rings (SSSR count). The summed E-state index contributed by atoms with van der Waals surface area (Å²) >= 11 is 0. The number of Topliss-reactive ketones (excluding diaryl/α,β-unsaturated/α-hetero) is 1. The molecule has 0 bridgehead atoms. The number of aliphatic hydroxyl groups is 1. The average molecular weight is 202 g/mol. The number of ketones is 1. The smallest absolute Gasteiger partial charge is 0.303 e. The maximum Gasteiger partial charge on any atom is 0.303 e. The minimum Gasteiger partial charge on any atom is -0.458 e. The highest BCUT2D eigenvalue weighted by Crippen LogP contribution is 2.11. The zero-order chi connectivity index (χ0) is 11.2. The highest BCUT2D eigenvalue weighted by Gasteiger charge is 2.13. The number of hydrogen-bond donors (Lipinski definition) is 1. The van der Waals surface area contributed by atoms with Crippen LogP contribution in [0.15, 0.2) is 0 Å². The Kier molecular flexibility index (Phi) is 5.38. The molecular formula is C10H18O4. The second-order valence-corrected chi connectivity index (χ2v) is 3.98. The Balaban J connectivity index is 3.50. The van der Waals surface area contributed by atoms with Crippen molar-refractivity contribution in [2.75, 3.05) is 6.61 Å². The van der Waals surface area contributed by atoms with Gasteiger partial charge in [0, 0.05) is 13.3 Å². The summed E-state index contributed by atoms with van der Waals surface area (Å²) in [4.78, 5) is 21.4. The summed E-state index contributed by atoms with van der Waals surface area (Å²) in [6, 6.07) is 0. The molecule has 0 saturated carbocycles. The summed E-state index contributed by atoms with van der Waals surface area (Å²) in [5.74, 6) is -0.551. The van der Waals surface area contributed by atoms with Crippen LogP contribution < -0.4 is 0 Å². The molecule has 0 aliphatic rings. The van der Waals surface area contributed by atoms with Crippen LogP contribution in [0.1, 0.15) is 40.0 Å². The number of carbonyl (C=O) groups is 2. The van der Waals surface area contributed by atoms with Crippen LogP contribution in [0.2, 0.25) is 0 Å². The Hall–Kier alpha value is -0.900. The molecule has 0 aliphatic heterocycles. The van der Waals surface area contributed by atoms with Gasteiger partial charge in [0.2, 0.25) is 0 Å². The van der Waals surface area contributed by atoms with E-state index in [1.807, 2.05) is 0 Å². The maximum absolute atomic E-state index is 11.1. The summed E-state index contributed by atoms with van der Waals surface area (Å²) in [5, 5.41) is 9.35. The fourth-order valence-electron chi connectivity index (χ4n) is 0.972. The van der Waals surface area contributed by atoms with Gasteiger partial charge in [-0.3, -0.25) is 9.59 Å².